The summed E-state index contributed by atoms with van der Waals surface area (Å²) in [6, 6.07) is 0.188. The topological polar surface area (TPSA) is 91.3 Å². The monoisotopic (exact) mass is 311 g/mol. The molecule has 1 aromatic rings. The van der Waals surface area contributed by atoms with Gasteiger partial charge in [0.15, 0.2) is 5.69 Å². The average molecular weight is 311 g/mol. The van der Waals surface area contributed by atoms with E-state index in [0.29, 0.717) is 17.5 Å². The number of carboxylic acid groups (broad SMARTS) is 1. The van der Waals surface area contributed by atoms with E-state index in [4.69, 9.17) is 5.11 Å². The van der Waals surface area contributed by atoms with Crippen LogP contribution in [0.15, 0.2) is 5.38 Å². The molecule has 3 N–H and O–H groups in total. The summed E-state index contributed by atoms with van der Waals surface area (Å²) in [6.07, 6.45) is 4.91. The summed E-state index contributed by atoms with van der Waals surface area (Å²) >= 11 is 1.26. The Morgan fingerprint density at radius 2 is 2.38 bits per heavy atom. The van der Waals surface area contributed by atoms with Crippen molar-refractivity contribution in [1.29, 1.82) is 0 Å². The molecule has 0 spiro atoms. The van der Waals surface area contributed by atoms with E-state index >= 15 is 0 Å². The molecule has 0 radical (unpaired) electrons. The highest BCUT2D eigenvalue weighted by Crippen LogP contribution is 2.18. The minimum absolute atomic E-state index is 0.0121. The number of carbonyl (C=O) groups excluding carboxylic acids is 1. The number of hydrogen-bond acceptors (Lipinski definition) is 5. The van der Waals surface area contributed by atoms with Crippen molar-refractivity contribution in [2.75, 3.05) is 6.54 Å². The summed E-state index contributed by atoms with van der Waals surface area (Å²) < 4.78 is 0. The zero-order valence-electron chi connectivity index (χ0n) is 12.1. The number of aromatic nitrogens is 1. The van der Waals surface area contributed by atoms with Gasteiger partial charge in [0.05, 0.1) is 6.04 Å². The van der Waals surface area contributed by atoms with Crippen molar-refractivity contribution in [3.63, 3.8) is 0 Å². The number of amides is 1. The van der Waals surface area contributed by atoms with Gasteiger partial charge in [-0.1, -0.05) is 6.42 Å². The van der Waals surface area contributed by atoms with Crippen molar-refractivity contribution in [3.8, 4) is 0 Å². The summed E-state index contributed by atoms with van der Waals surface area (Å²) in [6.45, 7) is 2.86. The molecule has 21 heavy (non-hydrogen) atoms. The third-order valence-corrected chi connectivity index (χ3v) is 4.65. The molecule has 2 rings (SSSR count). The van der Waals surface area contributed by atoms with Crippen LogP contribution in [0.3, 0.4) is 0 Å². The highest BCUT2D eigenvalue weighted by Gasteiger charge is 2.18. The van der Waals surface area contributed by atoms with Gasteiger partial charge in [0.25, 0.3) is 0 Å². The summed E-state index contributed by atoms with van der Waals surface area (Å²) in [7, 11) is 0. The Labute approximate surface area is 128 Å². The third-order valence-electron chi connectivity index (χ3n) is 3.62. The van der Waals surface area contributed by atoms with Crippen LogP contribution in [0.4, 0.5) is 0 Å². The fraction of sp³-hybridized carbons (Fsp3) is 0.643. The van der Waals surface area contributed by atoms with Crippen molar-refractivity contribution in [2.24, 2.45) is 0 Å². The lowest BCUT2D eigenvalue weighted by atomic mass is 10.0. The number of piperidine rings is 1. The van der Waals surface area contributed by atoms with Gasteiger partial charge in [0, 0.05) is 17.8 Å². The molecule has 1 aliphatic rings. The number of nitrogens with one attached hydrogen (secondary N) is 2. The first-order valence-electron chi connectivity index (χ1n) is 7.27. The first kappa shape index (κ1) is 15.9. The predicted molar refractivity (Wildman–Crippen MR) is 80.5 cm³/mol. The zero-order chi connectivity index (χ0) is 15.2. The summed E-state index contributed by atoms with van der Waals surface area (Å²) in [5, 5.41) is 17.3. The second-order valence-corrected chi connectivity index (χ2v) is 6.24. The molecule has 0 aliphatic carbocycles. The summed E-state index contributed by atoms with van der Waals surface area (Å²) in [5.74, 6) is -1.05. The van der Waals surface area contributed by atoms with Crippen LogP contribution >= 0.6 is 11.3 Å². The van der Waals surface area contributed by atoms with Crippen molar-refractivity contribution in [3.05, 3.63) is 16.1 Å². The Morgan fingerprint density at radius 3 is 3.00 bits per heavy atom. The number of carbonyl (C=O) groups is 2. The van der Waals surface area contributed by atoms with E-state index in [9.17, 15) is 9.59 Å². The van der Waals surface area contributed by atoms with Crippen LogP contribution in [-0.2, 0) is 4.79 Å². The molecule has 116 valence electrons. The molecule has 2 unspecified atom stereocenters. The maximum absolute atomic E-state index is 11.9. The van der Waals surface area contributed by atoms with Crippen LogP contribution in [0.1, 0.15) is 60.6 Å². The van der Waals surface area contributed by atoms with Crippen molar-refractivity contribution < 1.29 is 14.7 Å². The van der Waals surface area contributed by atoms with Crippen LogP contribution < -0.4 is 10.6 Å². The Balaban J connectivity index is 1.76. The van der Waals surface area contributed by atoms with Gasteiger partial charge in [-0.05, 0) is 32.7 Å². The van der Waals surface area contributed by atoms with E-state index in [1.54, 1.807) is 0 Å². The van der Waals surface area contributed by atoms with Crippen molar-refractivity contribution >= 4 is 23.2 Å². The smallest absolute Gasteiger partial charge is 0.355 e. The molecule has 6 nitrogen and oxygen atoms in total. The van der Waals surface area contributed by atoms with E-state index in [-0.39, 0.29) is 17.6 Å². The molecule has 1 aliphatic heterocycles. The van der Waals surface area contributed by atoms with Gasteiger partial charge < -0.3 is 15.7 Å². The number of thiazole rings is 1. The minimum Gasteiger partial charge on any atom is -0.476 e. The van der Waals surface area contributed by atoms with Gasteiger partial charge in [0.2, 0.25) is 5.91 Å². The molecule has 0 aromatic carbocycles. The minimum atomic E-state index is -1.04. The molecule has 1 aromatic heterocycles. The highest BCUT2D eigenvalue weighted by molar-refractivity contribution is 7.09. The van der Waals surface area contributed by atoms with Crippen LogP contribution in [0.5, 0.6) is 0 Å². The second kappa shape index (κ2) is 7.51. The quantitative estimate of drug-likeness (QED) is 0.747. The maximum atomic E-state index is 11.9. The van der Waals surface area contributed by atoms with Gasteiger partial charge in [-0.3, -0.25) is 4.79 Å². The van der Waals surface area contributed by atoms with E-state index in [2.05, 4.69) is 15.6 Å². The van der Waals surface area contributed by atoms with Crippen LogP contribution in [-0.4, -0.2) is 34.6 Å². The van der Waals surface area contributed by atoms with Crippen molar-refractivity contribution in [2.45, 2.75) is 51.1 Å². The number of rotatable bonds is 6. The molecule has 1 saturated heterocycles. The number of carboxylic acids is 1. The lowest BCUT2D eigenvalue weighted by Gasteiger charge is -2.23. The normalized spacial score (nSPS) is 20.0. The Morgan fingerprint density at radius 1 is 1.57 bits per heavy atom. The van der Waals surface area contributed by atoms with Crippen LogP contribution in [0.25, 0.3) is 0 Å². The molecule has 0 bridgehead atoms. The van der Waals surface area contributed by atoms with E-state index < -0.39 is 5.97 Å². The van der Waals surface area contributed by atoms with Gasteiger partial charge in [-0.25, -0.2) is 9.78 Å². The van der Waals surface area contributed by atoms with Gasteiger partial charge in [0.1, 0.15) is 5.01 Å². The number of nitrogens with zero attached hydrogens (tertiary/aromatic N) is 1. The molecular weight excluding hydrogens is 290 g/mol. The Hall–Kier alpha value is -1.47. The molecule has 2 atom stereocenters. The zero-order valence-corrected chi connectivity index (χ0v) is 12.9. The largest absolute Gasteiger partial charge is 0.476 e. The number of aromatic carboxylic acids is 1. The predicted octanol–water partition coefficient (Wildman–Crippen LogP) is 1.94. The van der Waals surface area contributed by atoms with Crippen molar-refractivity contribution in [1.82, 2.24) is 15.6 Å². The van der Waals surface area contributed by atoms with E-state index in [1.807, 2.05) is 6.92 Å². The fourth-order valence-corrected chi connectivity index (χ4v) is 3.24. The summed E-state index contributed by atoms with van der Waals surface area (Å²) in [5.41, 5.74) is 0.0301. The second-order valence-electron chi connectivity index (χ2n) is 5.35. The summed E-state index contributed by atoms with van der Waals surface area (Å²) in [4.78, 5) is 26.7. The Kier molecular flexibility index (Phi) is 5.69. The van der Waals surface area contributed by atoms with Gasteiger partial charge in [-0.15, -0.1) is 11.3 Å². The number of hydrogen-bond donors (Lipinski definition) is 3. The molecule has 1 fully saturated rings. The first-order valence-corrected chi connectivity index (χ1v) is 8.15. The van der Waals surface area contributed by atoms with E-state index in [1.165, 1.54) is 29.6 Å². The standard InChI is InChI=1S/C14H21N3O3S/c1-9(13-17-11(8-21-13)14(19)20)16-12(18)6-5-10-4-2-3-7-15-10/h8-10,15H,2-7H2,1H3,(H,16,18)(H,19,20). The SMILES string of the molecule is CC(NC(=O)CCC1CCCCN1)c1nc(C(=O)O)cs1. The van der Waals surface area contributed by atoms with Gasteiger partial charge >= 0.3 is 5.97 Å². The van der Waals surface area contributed by atoms with Crippen LogP contribution in [0, 0.1) is 0 Å². The van der Waals surface area contributed by atoms with Crippen LogP contribution in [0.2, 0.25) is 0 Å². The third kappa shape index (κ3) is 4.78. The lowest BCUT2D eigenvalue weighted by Crippen LogP contribution is -2.35. The fourth-order valence-electron chi connectivity index (χ4n) is 2.44. The molecule has 0 saturated carbocycles. The Bertz CT molecular complexity index is 497. The maximum Gasteiger partial charge on any atom is 0.355 e. The molecular formula is C14H21N3O3S. The molecule has 7 heteroatoms. The van der Waals surface area contributed by atoms with Gasteiger partial charge in [-0.2, -0.15) is 0 Å². The average Bonchev–Trinajstić information content (AvgIpc) is 2.96. The molecule has 2 heterocycles. The first-order chi connectivity index (χ1) is 10.1. The van der Waals surface area contributed by atoms with E-state index in [0.717, 1.165) is 19.4 Å². The lowest BCUT2D eigenvalue weighted by molar-refractivity contribution is -0.122. The molecule has 1 amide bonds. The highest BCUT2D eigenvalue weighted by atomic mass is 32.1.